The normalized spacial score (nSPS) is 14.8. The van der Waals surface area contributed by atoms with Crippen LogP contribution in [0.1, 0.15) is 6.92 Å². The number of nitrogens with zero attached hydrogens (tertiary/aromatic N) is 1. The molecule has 0 saturated carbocycles. The van der Waals surface area contributed by atoms with Gasteiger partial charge in [0.1, 0.15) is 5.70 Å². The highest BCUT2D eigenvalue weighted by molar-refractivity contribution is 6.17. The van der Waals surface area contributed by atoms with Crippen LogP contribution >= 0.6 is 0 Å². The van der Waals surface area contributed by atoms with Crippen molar-refractivity contribution < 1.29 is 19.1 Å². The summed E-state index contributed by atoms with van der Waals surface area (Å²) >= 11 is 0. The third-order valence-corrected chi connectivity index (χ3v) is 1.59. The van der Waals surface area contributed by atoms with Gasteiger partial charge in [0.25, 0.3) is 11.8 Å². The van der Waals surface area contributed by atoms with Crippen molar-refractivity contribution in [3.05, 3.63) is 24.4 Å². The molecule has 0 unspecified atom stereocenters. The zero-order valence-corrected chi connectivity index (χ0v) is 7.65. The number of hydrogen-bond donors (Lipinski definition) is 0. The van der Waals surface area contributed by atoms with Gasteiger partial charge in [-0.25, -0.2) is 9.69 Å². The minimum atomic E-state index is -0.766. The average Bonchev–Trinajstić information content (AvgIpc) is 2.46. The lowest BCUT2D eigenvalue weighted by Crippen LogP contribution is -2.33. The fourth-order valence-corrected chi connectivity index (χ4v) is 0.972. The van der Waals surface area contributed by atoms with Crippen molar-refractivity contribution in [2.75, 3.05) is 6.61 Å². The first-order valence-electron chi connectivity index (χ1n) is 4.00. The Hall–Kier alpha value is -1.91. The van der Waals surface area contributed by atoms with Crippen LogP contribution in [-0.2, 0) is 19.1 Å². The van der Waals surface area contributed by atoms with Crippen molar-refractivity contribution in [2.45, 2.75) is 6.92 Å². The van der Waals surface area contributed by atoms with Gasteiger partial charge in [-0.1, -0.05) is 6.58 Å². The van der Waals surface area contributed by atoms with Crippen LogP contribution in [0.25, 0.3) is 0 Å². The molecule has 0 N–H and O–H groups in total. The summed E-state index contributed by atoms with van der Waals surface area (Å²) in [6, 6.07) is 0. The Bertz CT molecular complexity index is 325. The van der Waals surface area contributed by atoms with Crippen molar-refractivity contribution >= 4 is 17.8 Å². The van der Waals surface area contributed by atoms with Crippen LogP contribution < -0.4 is 0 Å². The first-order chi connectivity index (χ1) is 6.57. The maximum Gasteiger partial charge on any atom is 0.354 e. The number of imide groups is 1. The summed E-state index contributed by atoms with van der Waals surface area (Å²) in [6.45, 7) is 5.12. The number of ether oxygens (including phenoxy) is 1. The molecular weight excluding hydrogens is 186 g/mol. The van der Waals surface area contributed by atoms with E-state index in [9.17, 15) is 14.4 Å². The van der Waals surface area contributed by atoms with E-state index in [0.717, 1.165) is 12.2 Å². The number of carbonyl (C=O) groups excluding carboxylic acids is 3. The third kappa shape index (κ3) is 1.71. The molecule has 0 fully saturated rings. The molecule has 0 aromatic rings. The molecule has 2 amide bonds. The number of carbonyl (C=O) groups is 3. The standard InChI is InChI=1S/C9H9NO4/c1-3-14-9(13)6(2)10-7(11)4-5-8(10)12/h4-5H,2-3H2,1H3. The molecule has 0 aromatic carbocycles. The fourth-order valence-electron chi connectivity index (χ4n) is 0.972. The van der Waals surface area contributed by atoms with E-state index >= 15 is 0 Å². The van der Waals surface area contributed by atoms with E-state index in [2.05, 4.69) is 11.3 Å². The van der Waals surface area contributed by atoms with Crippen LogP contribution in [0, 0.1) is 0 Å². The van der Waals surface area contributed by atoms with E-state index in [1.165, 1.54) is 0 Å². The van der Waals surface area contributed by atoms with Crippen molar-refractivity contribution in [3.63, 3.8) is 0 Å². The predicted octanol–water partition coefficient (Wildman–Crippen LogP) is -0.0118. The maximum atomic E-state index is 11.1. The highest BCUT2D eigenvalue weighted by atomic mass is 16.5. The molecule has 0 radical (unpaired) electrons. The summed E-state index contributed by atoms with van der Waals surface area (Å²) in [7, 11) is 0. The molecule has 1 aliphatic heterocycles. The highest BCUT2D eigenvalue weighted by Crippen LogP contribution is 2.11. The lowest BCUT2D eigenvalue weighted by atomic mass is 10.4. The molecule has 0 spiro atoms. The first-order valence-corrected chi connectivity index (χ1v) is 4.00. The van der Waals surface area contributed by atoms with Gasteiger partial charge >= 0.3 is 5.97 Å². The quantitative estimate of drug-likeness (QED) is 0.361. The van der Waals surface area contributed by atoms with Crippen LogP contribution in [0.4, 0.5) is 0 Å². The van der Waals surface area contributed by atoms with Gasteiger partial charge in [-0.05, 0) is 6.92 Å². The molecule has 5 nitrogen and oxygen atoms in total. The summed E-state index contributed by atoms with van der Waals surface area (Å²) in [5.41, 5.74) is -0.258. The van der Waals surface area contributed by atoms with Crippen LogP contribution in [0.15, 0.2) is 24.4 Å². The van der Waals surface area contributed by atoms with Gasteiger partial charge in [-0.15, -0.1) is 0 Å². The Morgan fingerprint density at radius 3 is 2.36 bits per heavy atom. The van der Waals surface area contributed by atoms with E-state index in [4.69, 9.17) is 0 Å². The first kappa shape index (κ1) is 10.2. The fraction of sp³-hybridized carbons (Fsp3) is 0.222. The largest absolute Gasteiger partial charge is 0.461 e. The van der Waals surface area contributed by atoms with Crippen molar-refractivity contribution in [1.29, 1.82) is 0 Å². The molecule has 74 valence electrons. The van der Waals surface area contributed by atoms with E-state index in [0.29, 0.717) is 4.90 Å². The predicted molar refractivity (Wildman–Crippen MR) is 46.8 cm³/mol. The second-order valence-electron chi connectivity index (χ2n) is 2.51. The average molecular weight is 195 g/mol. The van der Waals surface area contributed by atoms with Crippen molar-refractivity contribution in [1.82, 2.24) is 4.90 Å². The highest BCUT2D eigenvalue weighted by Gasteiger charge is 2.30. The minimum absolute atomic E-state index is 0.168. The van der Waals surface area contributed by atoms with Crippen LogP contribution in [0.3, 0.4) is 0 Å². The minimum Gasteiger partial charge on any atom is -0.461 e. The summed E-state index contributed by atoms with van der Waals surface area (Å²) in [5.74, 6) is -1.92. The van der Waals surface area contributed by atoms with Crippen molar-refractivity contribution in [2.24, 2.45) is 0 Å². The number of hydrogen-bond acceptors (Lipinski definition) is 4. The molecule has 0 saturated heterocycles. The maximum absolute atomic E-state index is 11.1. The zero-order valence-electron chi connectivity index (χ0n) is 7.65. The van der Waals surface area contributed by atoms with Gasteiger partial charge in [0.2, 0.25) is 0 Å². The zero-order chi connectivity index (χ0) is 10.7. The summed E-state index contributed by atoms with van der Waals surface area (Å²) in [4.78, 5) is 34.0. The Morgan fingerprint density at radius 1 is 1.43 bits per heavy atom. The van der Waals surface area contributed by atoms with Gasteiger partial charge in [-0.2, -0.15) is 0 Å². The summed E-state index contributed by atoms with van der Waals surface area (Å²) in [6.07, 6.45) is 2.15. The lowest BCUT2D eigenvalue weighted by Gasteiger charge is -2.14. The molecule has 0 aliphatic carbocycles. The van der Waals surface area contributed by atoms with E-state index in [1.54, 1.807) is 6.92 Å². The van der Waals surface area contributed by atoms with Crippen LogP contribution in [0.5, 0.6) is 0 Å². The van der Waals surface area contributed by atoms with Gasteiger partial charge in [0.15, 0.2) is 0 Å². The Balaban J connectivity index is 2.75. The molecule has 0 bridgehead atoms. The Kier molecular flexibility index (Phi) is 2.81. The van der Waals surface area contributed by atoms with Gasteiger partial charge in [-0.3, -0.25) is 9.59 Å². The second-order valence-corrected chi connectivity index (χ2v) is 2.51. The molecule has 5 heteroatoms. The van der Waals surface area contributed by atoms with E-state index in [-0.39, 0.29) is 12.3 Å². The van der Waals surface area contributed by atoms with E-state index < -0.39 is 17.8 Å². The van der Waals surface area contributed by atoms with E-state index in [1.807, 2.05) is 0 Å². The molecule has 1 rings (SSSR count). The topological polar surface area (TPSA) is 63.7 Å². The molecule has 14 heavy (non-hydrogen) atoms. The number of esters is 1. The third-order valence-electron chi connectivity index (χ3n) is 1.59. The summed E-state index contributed by atoms with van der Waals surface area (Å²) in [5, 5.41) is 0. The Morgan fingerprint density at radius 2 is 1.93 bits per heavy atom. The van der Waals surface area contributed by atoms with Crippen LogP contribution in [0.2, 0.25) is 0 Å². The smallest absolute Gasteiger partial charge is 0.354 e. The molecular formula is C9H9NO4. The summed E-state index contributed by atoms with van der Waals surface area (Å²) < 4.78 is 4.60. The SMILES string of the molecule is C=C(C(=O)OCC)N1C(=O)C=CC1=O. The monoisotopic (exact) mass is 195 g/mol. The number of amides is 2. The van der Waals surface area contributed by atoms with Gasteiger partial charge in [0.05, 0.1) is 6.61 Å². The molecule has 0 aromatic heterocycles. The van der Waals surface area contributed by atoms with Gasteiger partial charge < -0.3 is 4.74 Å². The molecule has 1 heterocycles. The molecule has 0 atom stereocenters. The van der Waals surface area contributed by atoms with Crippen LogP contribution in [-0.4, -0.2) is 29.3 Å². The molecule has 1 aliphatic rings. The second kappa shape index (κ2) is 3.87. The number of rotatable bonds is 3. The van der Waals surface area contributed by atoms with Gasteiger partial charge in [0, 0.05) is 12.2 Å². The Labute approximate surface area is 80.6 Å². The lowest BCUT2D eigenvalue weighted by molar-refractivity contribution is -0.146. The van der Waals surface area contributed by atoms with Crippen molar-refractivity contribution in [3.8, 4) is 0 Å².